The quantitative estimate of drug-likeness (QED) is 0.743. The zero-order valence-corrected chi connectivity index (χ0v) is 11.7. The van der Waals surface area contributed by atoms with E-state index in [0.717, 1.165) is 37.5 Å². The summed E-state index contributed by atoms with van der Waals surface area (Å²) in [5, 5.41) is 12.1. The molecule has 104 valence electrons. The Balaban J connectivity index is 2.38. The fourth-order valence-electron chi connectivity index (χ4n) is 1.49. The van der Waals surface area contributed by atoms with Gasteiger partial charge in [-0.15, -0.1) is 0 Å². The molecule has 0 saturated carbocycles. The summed E-state index contributed by atoms with van der Waals surface area (Å²) in [6.45, 7) is 6.04. The summed E-state index contributed by atoms with van der Waals surface area (Å²) in [4.78, 5) is 0. The third kappa shape index (κ3) is 6.12. The molecular formula is C15H22N2O2. The Morgan fingerprint density at radius 2 is 1.74 bits per heavy atom. The molecule has 4 heteroatoms. The van der Waals surface area contributed by atoms with E-state index in [4.69, 9.17) is 14.7 Å². The number of nitrogens with one attached hydrogen (secondary N) is 1. The number of nitrogens with zero attached hydrogens (tertiary/aromatic N) is 1. The van der Waals surface area contributed by atoms with E-state index < -0.39 is 0 Å². The molecule has 1 aromatic carbocycles. The van der Waals surface area contributed by atoms with Crippen LogP contribution in [0.25, 0.3) is 0 Å². The average Bonchev–Trinajstić information content (AvgIpc) is 2.46. The lowest BCUT2D eigenvalue weighted by Crippen LogP contribution is -2.33. The molecule has 0 aliphatic heterocycles. The molecule has 0 aliphatic carbocycles. The molecule has 0 amide bonds. The molecule has 0 heterocycles. The van der Waals surface area contributed by atoms with E-state index in [9.17, 15) is 0 Å². The van der Waals surface area contributed by atoms with Crippen molar-refractivity contribution in [3.8, 4) is 17.6 Å². The van der Waals surface area contributed by atoms with Gasteiger partial charge in [-0.25, -0.2) is 0 Å². The van der Waals surface area contributed by atoms with Crippen molar-refractivity contribution in [2.45, 2.75) is 32.7 Å². The molecule has 0 radical (unpaired) electrons. The van der Waals surface area contributed by atoms with E-state index in [2.05, 4.69) is 25.2 Å². The van der Waals surface area contributed by atoms with E-state index in [1.54, 1.807) is 0 Å². The van der Waals surface area contributed by atoms with Gasteiger partial charge in [0, 0.05) is 0 Å². The topological polar surface area (TPSA) is 54.3 Å². The van der Waals surface area contributed by atoms with E-state index >= 15 is 0 Å². The molecule has 1 aromatic rings. The van der Waals surface area contributed by atoms with Crippen molar-refractivity contribution in [2.24, 2.45) is 0 Å². The Morgan fingerprint density at radius 3 is 2.26 bits per heavy atom. The summed E-state index contributed by atoms with van der Waals surface area (Å²) >= 11 is 0. The van der Waals surface area contributed by atoms with Crippen LogP contribution < -0.4 is 14.8 Å². The van der Waals surface area contributed by atoms with Crippen molar-refractivity contribution in [1.29, 1.82) is 5.26 Å². The molecule has 0 saturated heterocycles. The van der Waals surface area contributed by atoms with E-state index in [1.165, 1.54) is 0 Å². The van der Waals surface area contributed by atoms with Gasteiger partial charge in [0.25, 0.3) is 0 Å². The third-order valence-electron chi connectivity index (χ3n) is 2.51. The number of hydrogen-bond acceptors (Lipinski definition) is 4. The second-order valence-electron chi connectivity index (χ2n) is 4.27. The summed E-state index contributed by atoms with van der Waals surface area (Å²) in [6.07, 6.45) is 1.99. The maximum Gasteiger partial charge on any atom is 0.130 e. The molecule has 19 heavy (non-hydrogen) atoms. The van der Waals surface area contributed by atoms with Crippen molar-refractivity contribution in [3.05, 3.63) is 24.3 Å². The first-order valence-electron chi connectivity index (χ1n) is 6.78. The minimum Gasteiger partial charge on any atom is -0.494 e. The van der Waals surface area contributed by atoms with Crippen LogP contribution in [-0.4, -0.2) is 25.8 Å². The van der Waals surface area contributed by atoms with Crippen LogP contribution in [0.3, 0.4) is 0 Å². The van der Waals surface area contributed by atoms with Crippen molar-refractivity contribution in [3.63, 3.8) is 0 Å². The van der Waals surface area contributed by atoms with Crippen LogP contribution in [0.1, 0.15) is 26.7 Å². The third-order valence-corrected chi connectivity index (χ3v) is 2.51. The van der Waals surface area contributed by atoms with Crippen LogP contribution in [-0.2, 0) is 0 Å². The minimum atomic E-state index is -0.268. The lowest BCUT2D eigenvalue weighted by molar-refractivity contribution is 0.287. The van der Waals surface area contributed by atoms with Crippen LogP contribution in [0.5, 0.6) is 11.5 Å². The van der Waals surface area contributed by atoms with Crippen LogP contribution in [0.15, 0.2) is 24.3 Å². The first-order chi connectivity index (χ1) is 9.30. The molecule has 0 spiro atoms. The average molecular weight is 262 g/mol. The predicted octanol–water partition coefficient (Wildman–Crippen LogP) is 2.75. The normalized spacial score (nSPS) is 11.6. The lowest BCUT2D eigenvalue weighted by Gasteiger charge is -2.12. The Morgan fingerprint density at radius 1 is 1.11 bits per heavy atom. The van der Waals surface area contributed by atoms with Crippen molar-refractivity contribution < 1.29 is 9.47 Å². The molecule has 0 aliphatic rings. The van der Waals surface area contributed by atoms with Gasteiger partial charge in [0.1, 0.15) is 24.1 Å². The number of nitriles is 1. The second-order valence-corrected chi connectivity index (χ2v) is 4.27. The van der Waals surface area contributed by atoms with Gasteiger partial charge < -0.3 is 9.47 Å². The Bertz CT molecular complexity index is 384. The Labute approximate surface area is 115 Å². The first kappa shape index (κ1) is 15.3. The largest absolute Gasteiger partial charge is 0.494 e. The SMILES string of the molecule is CCCNC(C#N)COc1ccc(OCCC)cc1. The maximum atomic E-state index is 8.96. The summed E-state index contributed by atoms with van der Waals surface area (Å²) in [5.41, 5.74) is 0. The Hall–Kier alpha value is -1.73. The number of rotatable bonds is 9. The highest BCUT2D eigenvalue weighted by molar-refractivity contribution is 5.31. The summed E-state index contributed by atoms with van der Waals surface area (Å²) in [7, 11) is 0. The molecule has 1 unspecified atom stereocenters. The van der Waals surface area contributed by atoms with Gasteiger partial charge >= 0.3 is 0 Å². The molecule has 1 atom stereocenters. The van der Waals surface area contributed by atoms with E-state index in [-0.39, 0.29) is 6.04 Å². The fraction of sp³-hybridized carbons (Fsp3) is 0.533. The molecule has 0 fully saturated rings. The van der Waals surface area contributed by atoms with Gasteiger partial charge in [-0.05, 0) is 43.7 Å². The first-order valence-corrected chi connectivity index (χ1v) is 6.78. The summed E-state index contributed by atoms with van der Waals surface area (Å²) in [6, 6.07) is 9.40. The monoisotopic (exact) mass is 262 g/mol. The zero-order valence-electron chi connectivity index (χ0n) is 11.7. The second kappa shape index (κ2) is 9.23. The molecule has 0 aromatic heterocycles. The van der Waals surface area contributed by atoms with Gasteiger partial charge in [0.05, 0.1) is 12.7 Å². The smallest absolute Gasteiger partial charge is 0.130 e. The molecule has 1 N–H and O–H groups in total. The number of ether oxygens (including phenoxy) is 2. The fourth-order valence-corrected chi connectivity index (χ4v) is 1.49. The van der Waals surface area contributed by atoms with Crippen LogP contribution in [0.4, 0.5) is 0 Å². The van der Waals surface area contributed by atoms with Gasteiger partial charge in [-0.3, -0.25) is 5.32 Å². The highest BCUT2D eigenvalue weighted by Gasteiger charge is 2.06. The maximum absolute atomic E-state index is 8.96. The van der Waals surface area contributed by atoms with Crippen LogP contribution in [0.2, 0.25) is 0 Å². The highest BCUT2D eigenvalue weighted by atomic mass is 16.5. The predicted molar refractivity (Wildman–Crippen MR) is 75.4 cm³/mol. The highest BCUT2D eigenvalue weighted by Crippen LogP contribution is 2.17. The van der Waals surface area contributed by atoms with Gasteiger partial charge in [0.15, 0.2) is 0 Å². The molecule has 4 nitrogen and oxygen atoms in total. The van der Waals surface area contributed by atoms with E-state index in [1.807, 2.05) is 24.3 Å². The van der Waals surface area contributed by atoms with Crippen molar-refractivity contribution in [1.82, 2.24) is 5.32 Å². The van der Waals surface area contributed by atoms with Crippen LogP contribution >= 0.6 is 0 Å². The van der Waals surface area contributed by atoms with E-state index in [0.29, 0.717) is 6.61 Å². The number of hydrogen-bond donors (Lipinski definition) is 1. The molecule has 1 rings (SSSR count). The minimum absolute atomic E-state index is 0.268. The molecule has 0 bridgehead atoms. The van der Waals surface area contributed by atoms with Crippen molar-refractivity contribution >= 4 is 0 Å². The number of benzene rings is 1. The summed E-state index contributed by atoms with van der Waals surface area (Å²) in [5.74, 6) is 1.59. The van der Waals surface area contributed by atoms with Crippen LogP contribution in [0, 0.1) is 11.3 Å². The van der Waals surface area contributed by atoms with Crippen molar-refractivity contribution in [2.75, 3.05) is 19.8 Å². The van der Waals surface area contributed by atoms with Gasteiger partial charge in [-0.2, -0.15) is 5.26 Å². The van der Waals surface area contributed by atoms with Gasteiger partial charge in [0.2, 0.25) is 0 Å². The lowest BCUT2D eigenvalue weighted by atomic mass is 10.3. The zero-order chi connectivity index (χ0) is 13.9. The Kier molecular flexibility index (Phi) is 7.45. The molecular weight excluding hydrogens is 240 g/mol. The standard InChI is InChI=1S/C15H22N2O2/c1-3-9-17-13(11-16)12-19-15-7-5-14(6-8-15)18-10-4-2/h5-8,13,17H,3-4,9-10,12H2,1-2H3. The summed E-state index contributed by atoms with van der Waals surface area (Å²) < 4.78 is 11.1. The van der Waals surface area contributed by atoms with Gasteiger partial charge in [-0.1, -0.05) is 13.8 Å².